The van der Waals surface area contributed by atoms with Crippen molar-refractivity contribution in [1.82, 2.24) is 9.97 Å². The highest BCUT2D eigenvalue weighted by molar-refractivity contribution is 5.73. The number of benzene rings is 1. The van der Waals surface area contributed by atoms with Crippen LogP contribution in [0.3, 0.4) is 0 Å². The summed E-state index contributed by atoms with van der Waals surface area (Å²) in [5.41, 5.74) is 1.09. The minimum Gasteiger partial charge on any atom is -0.481 e. The van der Waals surface area contributed by atoms with Crippen molar-refractivity contribution in [3.63, 3.8) is 0 Å². The van der Waals surface area contributed by atoms with Crippen molar-refractivity contribution in [1.29, 1.82) is 0 Å². The fraction of sp³-hybridized carbons (Fsp3) is 0.522. The summed E-state index contributed by atoms with van der Waals surface area (Å²) in [4.78, 5) is 21.5. The fourth-order valence-corrected chi connectivity index (χ4v) is 4.10. The Balaban J connectivity index is 2.02. The van der Waals surface area contributed by atoms with Crippen molar-refractivity contribution in [3.05, 3.63) is 36.2 Å². The zero-order valence-electron chi connectivity index (χ0n) is 19.1. The lowest BCUT2D eigenvalue weighted by Crippen LogP contribution is -2.39. The van der Waals surface area contributed by atoms with Crippen LogP contribution in [0, 0.1) is 0 Å². The van der Waals surface area contributed by atoms with Crippen LogP contribution in [-0.4, -0.2) is 59.6 Å². The molecule has 3 rings (SSSR count). The van der Waals surface area contributed by atoms with Gasteiger partial charge in [0.15, 0.2) is 0 Å². The van der Waals surface area contributed by atoms with E-state index in [0.29, 0.717) is 32.1 Å². The van der Waals surface area contributed by atoms with Gasteiger partial charge in [-0.3, -0.25) is 4.79 Å². The Morgan fingerprint density at radius 1 is 1.26 bits per heavy atom. The number of nitrogens with one attached hydrogen (secondary N) is 1. The number of carbonyl (C=O) groups is 1. The number of carboxylic acid groups (broad SMARTS) is 1. The Bertz CT molecular complexity index is 950. The monoisotopic (exact) mass is 482 g/mol. The molecule has 2 N–H and O–H groups in total. The van der Waals surface area contributed by atoms with Crippen LogP contribution in [0.15, 0.2) is 30.6 Å². The molecule has 0 radical (unpaired) electrons. The van der Waals surface area contributed by atoms with Gasteiger partial charge in [0.2, 0.25) is 0 Å². The normalized spacial score (nSPS) is 15.6. The largest absolute Gasteiger partial charge is 0.481 e. The van der Waals surface area contributed by atoms with Gasteiger partial charge in [0.1, 0.15) is 0 Å². The SMILES string of the molecule is CCOc1ncc(Nc2cc(N(CC)C3CCOCC3)ccc2[C@@H](CC(=O)O)C(F)(F)F)cn1. The molecule has 1 atom stereocenters. The summed E-state index contributed by atoms with van der Waals surface area (Å²) < 4.78 is 52.3. The van der Waals surface area contributed by atoms with Crippen LogP contribution < -0.4 is 15.0 Å². The van der Waals surface area contributed by atoms with E-state index >= 15 is 0 Å². The standard InChI is InChI=1S/C23H29F3N4O4/c1-3-30(16-7-9-33-10-8-16)17-5-6-18(19(12-21(31)32)23(24,25)26)20(11-17)29-15-13-27-22(28-14-15)34-4-2/h5-6,11,13-14,16,19,29H,3-4,7-10,12H2,1-2H3,(H,31,32)/t19-/m1/s1. The fourth-order valence-electron chi connectivity index (χ4n) is 4.10. The number of hydrogen-bond acceptors (Lipinski definition) is 7. The van der Waals surface area contributed by atoms with E-state index in [1.165, 1.54) is 18.5 Å². The number of rotatable bonds is 10. The van der Waals surface area contributed by atoms with Gasteiger partial charge < -0.3 is 24.8 Å². The summed E-state index contributed by atoms with van der Waals surface area (Å²) in [6, 6.07) is 4.96. The van der Waals surface area contributed by atoms with Crippen LogP contribution in [0.25, 0.3) is 0 Å². The third-order valence-electron chi connectivity index (χ3n) is 5.67. The molecule has 0 unspecified atom stereocenters. The van der Waals surface area contributed by atoms with Gasteiger partial charge in [0, 0.05) is 37.2 Å². The molecule has 1 aliphatic heterocycles. The number of anilines is 3. The van der Waals surface area contributed by atoms with Gasteiger partial charge in [-0.2, -0.15) is 13.2 Å². The Morgan fingerprint density at radius 2 is 1.94 bits per heavy atom. The quantitative estimate of drug-likeness (QED) is 0.501. The average molecular weight is 483 g/mol. The van der Waals surface area contributed by atoms with Crippen LogP contribution in [0.2, 0.25) is 0 Å². The first-order chi connectivity index (χ1) is 16.2. The van der Waals surface area contributed by atoms with Gasteiger partial charge in [0.25, 0.3) is 0 Å². The second-order valence-electron chi connectivity index (χ2n) is 7.91. The Morgan fingerprint density at radius 3 is 2.50 bits per heavy atom. The molecule has 0 amide bonds. The number of hydrogen-bond donors (Lipinski definition) is 2. The van der Waals surface area contributed by atoms with Gasteiger partial charge in [-0.1, -0.05) is 6.07 Å². The summed E-state index contributed by atoms with van der Waals surface area (Å²) in [5.74, 6) is -3.71. The highest BCUT2D eigenvalue weighted by atomic mass is 19.4. The van der Waals surface area contributed by atoms with Gasteiger partial charge in [0.05, 0.1) is 37.0 Å². The summed E-state index contributed by atoms with van der Waals surface area (Å²) in [5, 5.41) is 12.1. The van der Waals surface area contributed by atoms with Gasteiger partial charge >= 0.3 is 18.2 Å². The van der Waals surface area contributed by atoms with Crippen LogP contribution in [0.4, 0.5) is 30.2 Å². The van der Waals surface area contributed by atoms with E-state index in [0.717, 1.165) is 18.5 Å². The lowest BCUT2D eigenvalue weighted by Gasteiger charge is -2.36. The van der Waals surface area contributed by atoms with E-state index in [9.17, 15) is 18.0 Å². The lowest BCUT2D eigenvalue weighted by molar-refractivity contribution is -0.163. The van der Waals surface area contributed by atoms with Crippen molar-refractivity contribution in [2.45, 2.75) is 51.2 Å². The molecule has 1 aromatic carbocycles. The van der Waals surface area contributed by atoms with Gasteiger partial charge in [-0.05, 0) is 44.4 Å². The van der Waals surface area contributed by atoms with Gasteiger partial charge in [-0.25, -0.2) is 9.97 Å². The molecule has 1 aliphatic rings. The molecule has 1 aromatic heterocycles. The number of aliphatic carboxylic acids is 1. The molecule has 34 heavy (non-hydrogen) atoms. The number of nitrogens with zero attached hydrogens (tertiary/aromatic N) is 3. The number of aromatic nitrogens is 2. The molecule has 2 heterocycles. The Labute approximate surface area is 196 Å². The first-order valence-corrected chi connectivity index (χ1v) is 11.2. The Kier molecular flexibility index (Phi) is 8.54. The molecule has 8 nitrogen and oxygen atoms in total. The highest BCUT2D eigenvalue weighted by Crippen LogP contribution is 2.42. The summed E-state index contributed by atoms with van der Waals surface area (Å²) in [6.45, 7) is 6.06. The molecule has 1 fully saturated rings. The maximum Gasteiger partial charge on any atom is 0.396 e. The van der Waals surface area contributed by atoms with Crippen molar-refractivity contribution in [2.75, 3.05) is 36.6 Å². The maximum atomic E-state index is 13.9. The van der Waals surface area contributed by atoms with Crippen LogP contribution >= 0.6 is 0 Å². The molecule has 11 heteroatoms. The van der Waals surface area contributed by atoms with E-state index in [1.54, 1.807) is 19.1 Å². The molecular weight excluding hydrogens is 453 g/mol. The third kappa shape index (κ3) is 6.49. The molecular formula is C23H29F3N4O4. The zero-order valence-corrected chi connectivity index (χ0v) is 19.1. The minimum atomic E-state index is -4.74. The first kappa shape index (κ1) is 25.5. The predicted octanol–water partition coefficient (Wildman–Crippen LogP) is 4.74. The summed E-state index contributed by atoms with van der Waals surface area (Å²) in [7, 11) is 0. The average Bonchev–Trinajstić information content (AvgIpc) is 2.80. The van der Waals surface area contributed by atoms with Crippen LogP contribution in [-0.2, 0) is 9.53 Å². The second kappa shape index (κ2) is 11.4. The molecule has 1 saturated heterocycles. The van der Waals surface area contributed by atoms with Crippen molar-refractivity contribution >= 4 is 23.0 Å². The third-order valence-corrected chi connectivity index (χ3v) is 5.67. The van der Waals surface area contributed by atoms with Crippen LogP contribution in [0.1, 0.15) is 44.6 Å². The van der Waals surface area contributed by atoms with E-state index in [1.807, 2.05) is 6.92 Å². The van der Waals surface area contributed by atoms with Crippen molar-refractivity contribution < 1.29 is 32.5 Å². The predicted molar refractivity (Wildman–Crippen MR) is 121 cm³/mol. The lowest BCUT2D eigenvalue weighted by atomic mass is 9.92. The number of ether oxygens (including phenoxy) is 2. The van der Waals surface area contributed by atoms with Crippen LogP contribution in [0.5, 0.6) is 6.01 Å². The van der Waals surface area contributed by atoms with E-state index in [2.05, 4.69) is 20.2 Å². The molecule has 186 valence electrons. The number of alkyl halides is 3. The molecule has 0 aliphatic carbocycles. The maximum absolute atomic E-state index is 13.9. The topological polar surface area (TPSA) is 96.8 Å². The van der Waals surface area contributed by atoms with E-state index in [4.69, 9.17) is 14.6 Å². The molecule has 0 saturated carbocycles. The van der Waals surface area contributed by atoms with E-state index < -0.39 is 24.5 Å². The summed E-state index contributed by atoms with van der Waals surface area (Å²) in [6.07, 6.45) is -1.37. The van der Waals surface area contributed by atoms with Crippen molar-refractivity contribution in [3.8, 4) is 6.01 Å². The number of halogens is 3. The minimum absolute atomic E-state index is 0.151. The highest BCUT2D eigenvalue weighted by Gasteiger charge is 2.43. The number of carboxylic acids is 1. The summed E-state index contributed by atoms with van der Waals surface area (Å²) >= 11 is 0. The molecule has 0 bridgehead atoms. The molecule has 0 spiro atoms. The first-order valence-electron chi connectivity index (χ1n) is 11.2. The van der Waals surface area contributed by atoms with Crippen molar-refractivity contribution in [2.24, 2.45) is 0 Å². The second-order valence-corrected chi connectivity index (χ2v) is 7.91. The zero-order chi connectivity index (χ0) is 24.7. The Hall–Kier alpha value is -3.08. The smallest absolute Gasteiger partial charge is 0.396 e. The van der Waals surface area contributed by atoms with Gasteiger partial charge in [-0.15, -0.1) is 0 Å². The van der Waals surface area contributed by atoms with E-state index in [-0.39, 0.29) is 23.3 Å². The molecule has 2 aromatic rings.